The summed E-state index contributed by atoms with van der Waals surface area (Å²) in [7, 11) is 1.28. The Morgan fingerprint density at radius 2 is 1.83 bits per heavy atom. The Labute approximate surface area is 150 Å². The average Bonchev–Trinajstić information content (AvgIpc) is 2.57. The lowest BCUT2D eigenvalue weighted by atomic mass is 10.1. The van der Waals surface area contributed by atoms with Gasteiger partial charge in [-0.05, 0) is 55.0 Å². The Balaban J connectivity index is 2.08. The van der Waals surface area contributed by atoms with Crippen molar-refractivity contribution in [1.29, 1.82) is 0 Å². The molecule has 0 aliphatic heterocycles. The number of esters is 1. The second kappa shape index (κ2) is 7.90. The number of aryl methyl sites for hydroxylation is 1. The average molecular weight is 363 g/mol. The van der Waals surface area contributed by atoms with Crippen LogP contribution in [-0.4, -0.2) is 24.1 Å². The smallest absolute Gasteiger partial charge is 0.337 e. The van der Waals surface area contributed by atoms with E-state index in [1.807, 2.05) is 13.0 Å². The Morgan fingerprint density at radius 3 is 2.54 bits per heavy atom. The highest BCUT2D eigenvalue weighted by atomic mass is 35.5. The number of amides is 1. The summed E-state index contributed by atoms with van der Waals surface area (Å²) in [5.74, 6) is -0.946. The van der Waals surface area contributed by atoms with Gasteiger partial charge in [0.15, 0.2) is 5.11 Å². The lowest BCUT2D eigenvalue weighted by molar-refractivity contribution is 0.0600. The van der Waals surface area contributed by atoms with Gasteiger partial charge in [0.25, 0.3) is 5.91 Å². The lowest BCUT2D eigenvalue weighted by Gasteiger charge is -2.12. The second-order valence-electron chi connectivity index (χ2n) is 4.94. The van der Waals surface area contributed by atoms with Crippen LogP contribution in [-0.2, 0) is 4.74 Å². The van der Waals surface area contributed by atoms with Gasteiger partial charge in [-0.1, -0.05) is 23.7 Å². The summed E-state index contributed by atoms with van der Waals surface area (Å²) in [6, 6.07) is 11.5. The summed E-state index contributed by atoms with van der Waals surface area (Å²) in [4.78, 5) is 23.8. The van der Waals surface area contributed by atoms with Crippen molar-refractivity contribution in [2.45, 2.75) is 6.92 Å². The number of ether oxygens (including phenoxy) is 1. The topological polar surface area (TPSA) is 67.4 Å². The highest BCUT2D eigenvalue weighted by Crippen LogP contribution is 2.20. The van der Waals surface area contributed by atoms with Gasteiger partial charge in [0, 0.05) is 16.3 Å². The van der Waals surface area contributed by atoms with E-state index in [1.165, 1.54) is 13.2 Å². The first-order valence-corrected chi connectivity index (χ1v) is 7.76. The molecule has 0 heterocycles. The van der Waals surface area contributed by atoms with Gasteiger partial charge in [-0.3, -0.25) is 10.1 Å². The van der Waals surface area contributed by atoms with Crippen molar-refractivity contribution in [2.75, 3.05) is 12.4 Å². The Morgan fingerprint density at radius 1 is 1.12 bits per heavy atom. The SMILES string of the molecule is COC(=O)c1cccc(C(=O)NC(=S)Nc2cc(Cl)ccc2C)c1. The molecule has 24 heavy (non-hydrogen) atoms. The molecule has 0 spiro atoms. The van der Waals surface area contributed by atoms with Crippen molar-refractivity contribution in [2.24, 2.45) is 0 Å². The van der Waals surface area contributed by atoms with E-state index in [-0.39, 0.29) is 10.7 Å². The number of halogens is 1. The second-order valence-corrected chi connectivity index (χ2v) is 5.78. The molecule has 0 aliphatic rings. The summed E-state index contributed by atoms with van der Waals surface area (Å²) in [5.41, 5.74) is 2.22. The summed E-state index contributed by atoms with van der Waals surface area (Å²) < 4.78 is 4.63. The number of rotatable bonds is 3. The molecule has 7 heteroatoms. The lowest BCUT2D eigenvalue weighted by Crippen LogP contribution is -2.34. The Bertz CT molecular complexity index is 808. The van der Waals surface area contributed by atoms with Crippen molar-refractivity contribution < 1.29 is 14.3 Å². The monoisotopic (exact) mass is 362 g/mol. The number of hydrogen-bond donors (Lipinski definition) is 2. The zero-order valence-corrected chi connectivity index (χ0v) is 14.6. The van der Waals surface area contributed by atoms with Crippen LogP contribution < -0.4 is 10.6 Å². The minimum absolute atomic E-state index is 0.133. The number of carbonyl (C=O) groups excluding carboxylic acids is 2. The molecule has 0 atom stereocenters. The van der Waals surface area contributed by atoms with Crippen LogP contribution in [0.25, 0.3) is 0 Å². The van der Waals surface area contributed by atoms with Gasteiger partial charge < -0.3 is 10.1 Å². The molecule has 0 radical (unpaired) electrons. The molecule has 124 valence electrons. The summed E-state index contributed by atoms with van der Waals surface area (Å²) >= 11 is 11.1. The van der Waals surface area contributed by atoms with Crippen LogP contribution in [0.3, 0.4) is 0 Å². The van der Waals surface area contributed by atoms with Crippen molar-refractivity contribution in [3.8, 4) is 0 Å². The molecule has 0 fully saturated rings. The van der Waals surface area contributed by atoms with E-state index in [0.717, 1.165) is 5.56 Å². The number of hydrogen-bond acceptors (Lipinski definition) is 4. The number of thiocarbonyl (C=S) groups is 1. The molecule has 2 N–H and O–H groups in total. The standard InChI is InChI=1S/C17H15ClN2O3S/c1-10-6-7-13(18)9-14(10)19-17(24)20-15(21)11-4-3-5-12(8-11)16(22)23-2/h3-9H,1-2H3,(H2,19,20,21,24). The van der Waals surface area contributed by atoms with Crippen molar-refractivity contribution in [3.63, 3.8) is 0 Å². The molecule has 0 bridgehead atoms. The molecule has 2 rings (SSSR count). The highest BCUT2D eigenvalue weighted by molar-refractivity contribution is 7.80. The van der Waals surface area contributed by atoms with Gasteiger partial charge in [-0.2, -0.15) is 0 Å². The predicted octanol–water partition coefficient (Wildman–Crippen LogP) is 3.56. The fourth-order valence-electron chi connectivity index (χ4n) is 1.96. The van der Waals surface area contributed by atoms with Gasteiger partial charge in [0.2, 0.25) is 0 Å². The number of carbonyl (C=O) groups is 2. The first-order valence-electron chi connectivity index (χ1n) is 6.97. The number of nitrogens with one attached hydrogen (secondary N) is 2. The third-order valence-electron chi connectivity index (χ3n) is 3.22. The maximum absolute atomic E-state index is 12.2. The van der Waals surface area contributed by atoms with Crippen LogP contribution in [0, 0.1) is 6.92 Å². The predicted molar refractivity (Wildman–Crippen MR) is 97.7 cm³/mol. The van der Waals surface area contributed by atoms with Crippen LogP contribution in [0.15, 0.2) is 42.5 Å². The van der Waals surface area contributed by atoms with E-state index >= 15 is 0 Å². The van der Waals surface area contributed by atoms with E-state index in [0.29, 0.717) is 16.3 Å². The van der Waals surface area contributed by atoms with Crippen molar-refractivity contribution >= 4 is 46.5 Å². The fourth-order valence-corrected chi connectivity index (χ4v) is 2.34. The summed E-state index contributed by atoms with van der Waals surface area (Å²) in [6.07, 6.45) is 0. The van der Waals surface area contributed by atoms with E-state index in [1.54, 1.807) is 30.3 Å². The molecule has 5 nitrogen and oxygen atoms in total. The molecule has 0 saturated heterocycles. The van der Waals surface area contributed by atoms with Crippen LogP contribution >= 0.6 is 23.8 Å². The van der Waals surface area contributed by atoms with Gasteiger partial charge in [-0.15, -0.1) is 0 Å². The molecule has 1 amide bonds. The molecule has 0 saturated carbocycles. The zero-order chi connectivity index (χ0) is 17.7. The third kappa shape index (κ3) is 4.53. The van der Waals surface area contributed by atoms with Gasteiger partial charge in [0.05, 0.1) is 12.7 Å². The van der Waals surface area contributed by atoms with Crippen molar-refractivity contribution in [3.05, 3.63) is 64.2 Å². The number of benzene rings is 2. The first-order chi connectivity index (χ1) is 11.4. The highest BCUT2D eigenvalue weighted by Gasteiger charge is 2.12. The van der Waals surface area contributed by atoms with Gasteiger partial charge >= 0.3 is 5.97 Å². The van der Waals surface area contributed by atoms with E-state index < -0.39 is 11.9 Å². The molecular formula is C17H15ClN2O3S. The van der Waals surface area contributed by atoms with Crippen LogP contribution in [0.4, 0.5) is 5.69 Å². The fraction of sp³-hybridized carbons (Fsp3) is 0.118. The molecule has 0 aliphatic carbocycles. The van der Waals surface area contributed by atoms with Gasteiger partial charge in [-0.25, -0.2) is 4.79 Å². The zero-order valence-electron chi connectivity index (χ0n) is 13.1. The minimum Gasteiger partial charge on any atom is -0.465 e. The van der Waals surface area contributed by atoms with Gasteiger partial charge in [0.1, 0.15) is 0 Å². The Kier molecular flexibility index (Phi) is 5.89. The molecule has 2 aromatic carbocycles. The number of anilines is 1. The maximum Gasteiger partial charge on any atom is 0.337 e. The van der Waals surface area contributed by atoms with E-state index in [4.69, 9.17) is 23.8 Å². The molecular weight excluding hydrogens is 348 g/mol. The van der Waals surface area contributed by atoms with Crippen molar-refractivity contribution in [1.82, 2.24) is 5.32 Å². The minimum atomic E-state index is -0.514. The first kappa shape index (κ1) is 17.9. The molecule has 0 aromatic heterocycles. The summed E-state index contributed by atoms with van der Waals surface area (Å²) in [6.45, 7) is 1.89. The number of methoxy groups -OCH3 is 1. The quantitative estimate of drug-likeness (QED) is 0.645. The molecule has 0 unspecified atom stereocenters. The maximum atomic E-state index is 12.2. The summed E-state index contributed by atoms with van der Waals surface area (Å²) in [5, 5.41) is 6.18. The van der Waals surface area contributed by atoms with Crippen LogP contribution in [0.1, 0.15) is 26.3 Å². The van der Waals surface area contributed by atoms with E-state index in [9.17, 15) is 9.59 Å². The molecule has 2 aromatic rings. The van der Waals surface area contributed by atoms with Crippen LogP contribution in [0.5, 0.6) is 0 Å². The van der Waals surface area contributed by atoms with E-state index in [2.05, 4.69) is 15.4 Å². The third-order valence-corrected chi connectivity index (χ3v) is 3.66. The Hall–Kier alpha value is -2.44. The van der Waals surface area contributed by atoms with Crippen LogP contribution in [0.2, 0.25) is 5.02 Å². The largest absolute Gasteiger partial charge is 0.465 e. The normalized spacial score (nSPS) is 9.96.